The molecule has 4 nitrogen and oxygen atoms in total. The largest absolute Gasteiger partial charge is 0.318 e. The van der Waals surface area contributed by atoms with Gasteiger partial charge in [0.2, 0.25) is 4.70 Å². The molecule has 0 aliphatic carbocycles. The van der Waals surface area contributed by atoms with Gasteiger partial charge in [-0.15, -0.1) is 0 Å². The average Bonchev–Trinajstić information content (AvgIpc) is 2.19. The number of nitrogens with zero attached hydrogens (tertiary/aromatic N) is 3. The Morgan fingerprint density at radius 2 is 2.07 bits per heavy atom. The summed E-state index contributed by atoms with van der Waals surface area (Å²) < 4.78 is 0.225. The lowest BCUT2D eigenvalue weighted by Crippen LogP contribution is -2.56. The van der Waals surface area contributed by atoms with E-state index in [0.29, 0.717) is 0 Å². The van der Waals surface area contributed by atoms with Crippen molar-refractivity contribution in [2.75, 3.05) is 13.1 Å². The minimum Gasteiger partial charge on any atom is -0.318 e. The van der Waals surface area contributed by atoms with E-state index in [9.17, 15) is 0 Å². The first-order valence-electron chi connectivity index (χ1n) is 4.70. The predicted molar refractivity (Wildman–Crippen MR) is 65.1 cm³/mol. The van der Waals surface area contributed by atoms with Gasteiger partial charge in [0, 0.05) is 13.1 Å². The van der Waals surface area contributed by atoms with E-state index in [-0.39, 0.29) is 0 Å². The van der Waals surface area contributed by atoms with Gasteiger partial charge < -0.3 is 5.32 Å². The van der Waals surface area contributed by atoms with Gasteiger partial charge in [0.25, 0.3) is 0 Å². The van der Waals surface area contributed by atoms with Crippen molar-refractivity contribution < 1.29 is 0 Å². The highest BCUT2D eigenvalue weighted by molar-refractivity contribution is 9.18. The van der Waals surface area contributed by atoms with E-state index in [1.165, 1.54) is 19.3 Å². The summed E-state index contributed by atoms with van der Waals surface area (Å²) in [5.41, 5.74) is 0. The molecule has 0 saturated carbocycles. The first-order chi connectivity index (χ1) is 6.71. The summed E-state index contributed by atoms with van der Waals surface area (Å²) in [7, 11) is 0. The van der Waals surface area contributed by atoms with Gasteiger partial charge in [-0.3, -0.25) is 4.90 Å². The topological polar surface area (TPSA) is 40.0 Å². The molecule has 2 heterocycles. The molecule has 1 atom stereocenters. The van der Waals surface area contributed by atoms with Crippen LogP contribution in [0.3, 0.4) is 0 Å². The highest BCUT2D eigenvalue weighted by Crippen LogP contribution is 2.27. The zero-order chi connectivity index (χ0) is 10.0. The number of likely N-dealkylation sites (tertiary alicyclic amines) is 1. The number of alkyl halides is 1. The van der Waals surface area contributed by atoms with Crippen molar-refractivity contribution in [2.24, 2.45) is 9.98 Å². The smallest absolute Gasteiger partial charge is 0.248 e. The van der Waals surface area contributed by atoms with Crippen molar-refractivity contribution in [3.63, 3.8) is 0 Å². The fourth-order valence-corrected chi connectivity index (χ4v) is 2.97. The number of hydrogen-bond donors (Lipinski definition) is 1. The summed E-state index contributed by atoms with van der Waals surface area (Å²) in [6, 6.07) is 0. The molecule has 14 heavy (non-hydrogen) atoms. The molecule has 2 rings (SSSR count). The average molecular weight is 324 g/mol. The number of halogens is 2. The van der Waals surface area contributed by atoms with Crippen LogP contribution < -0.4 is 5.32 Å². The Balaban J connectivity index is 2.08. The molecule has 78 valence electrons. The first kappa shape index (κ1) is 10.6. The molecule has 0 bridgehead atoms. The van der Waals surface area contributed by atoms with Crippen LogP contribution in [-0.4, -0.2) is 33.8 Å². The molecule has 0 aromatic heterocycles. The second kappa shape index (κ2) is 4.28. The van der Waals surface area contributed by atoms with Gasteiger partial charge >= 0.3 is 0 Å². The molecule has 0 spiro atoms. The van der Waals surface area contributed by atoms with Crippen molar-refractivity contribution in [1.82, 2.24) is 10.2 Å². The number of aliphatic imine (C=N–C) groups is 2. The molecular weight excluding hydrogens is 312 g/mol. The molecule has 2 aliphatic heterocycles. The van der Waals surface area contributed by atoms with Gasteiger partial charge in [0.05, 0.1) is 0 Å². The maximum absolute atomic E-state index is 4.32. The van der Waals surface area contributed by atoms with Crippen LogP contribution >= 0.6 is 31.9 Å². The molecule has 0 aromatic carbocycles. The third-order valence-electron chi connectivity index (χ3n) is 2.44. The third-order valence-corrected chi connectivity index (χ3v) is 3.74. The highest BCUT2D eigenvalue weighted by atomic mass is 79.9. The number of hydrogen-bond acceptors (Lipinski definition) is 4. The number of amidine groups is 1. The lowest BCUT2D eigenvalue weighted by Gasteiger charge is -2.39. The molecular formula is C8H12Br2N4. The third kappa shape index (κ3) is 2.17. The quantitative estimate of drug-likeness (QED) is 0.591. The SMILES string of the molecule is BrC1=NC=NC(Br)(N2CCCCC2)N1. The van der Waals surface area contributed by atoms with Crippen LogP contribution in [0.5, 0.6) is 0 Å². The number of nitrogens with one attached hydrogen (secondary N) is 1. The van der Waals surface area contributed by atoms with Crippen LogP contribution in [0.2, 0.25) is 0 Å². The zero-order valence-corrected chi connectivity index (χ0v) is 10.9. The normalized spacial score (nSPS) is 33.7. The molecule has 2 aliphatic rings. The van der Waals surface area contributed by atoms with Gasteiger partial charge in [-0.2, -0.15) is 0 Å². The van der Waals surface area contributed by atoms with Gasteiger partial charge in [0.15, 0.2) is 4.74 Å². The van der Waals surface area contributed by atoms with Crippen LogP contribution in [0.25, 0.3) is 0 Å². The lowest BCUT2D eigenvalue weighted by molar-refractivity contribution is 0.137. The summed E-state index contributed by atoms with van der Waals surface area (Å²) >= 11 is 6.93. The van der Waals surface area contributed by atoms with E-state index < -0.39 is 4.70 Å². The van der Waals surface area contributed by atoms with Crippen molar-refractivity contribution in [1.29, 1.82) is 0 Å². The van der Waals surface area contributed by atoms with E-state index in [2.05, 4.69) is 52.1 Å². The molecule has 0 radical (unpaired) electrons. The lowest BCUT2D eigenvalue weighted by atomic mass is 10.1. The second-order valence-corrected chi connectivity index (χ2v) is 5.28. The minimum atomic E-state index is -0.492. The van der Waals surface area contributed by atoms with E-state index in [4.69, 9.17) is 0 Å². The number of piperidine rings is 1. The molecule has 1 N–H and O–H groups in total. The standard InChI is InChI=1S/C8H12Br2N4/c9-7-11-6-12-8(10,13-7)14-4-2-1-3-5-14/h6H,1-5H2,(H,11,12,13). The molecule has 1 saturated heterocycles. The van der Waals surface area contributed by atoms with Crippen molar-refractivity contribution in [2.45, 2.75) is 24.0 Å². The molecule has 1 unspecified atom stereocenters. The molecule has 1 fully saturated rings. The summed E-state index contributed by atoms with van der Waals surface area (Å²) in [5, 5.41) is 3.17. The maximum Gasteiger partial charge on any atom is 0.248 e. The van der Waals surface area contributed by atoms with E-state index in [1.807, 2.05) is 0 Å². The van der Waals surface area contributed by atoms with E-state index in [0.717, 1.165) is 17.8 Å². The summed E-state index contributed by atoms with van der Waals surface area (Å²) in [6.07, 6.45) is 5.36. The Morgan fingerprint density at radius 3 is 2.71 bits per heavy atom. The molecule has 6 heteroatoms. The number of rotatable bonds is 1. The Bertz CT molecular complexity index is 273. The Morgan fingerprint density at radius 1 is 1.36 bits per heavy atom. The van der Waals surface area contributed by atoms with Crippen LogP contribution in [0.15, 0.2) is 9.98 Å². The van der Waals surface area contributed by atoms with Crippen molar-refractivity contribution in [3.05, 3.63) is 0 Å². The van der Waals surface area contributed by atoms with Gasteiger partial charge in [-0.1, -0.05) is 6.42 Å². The van der Waals surface area contributed by atoms with Gasteiger partial charge in [-0.25, -0.2) is 9.98 Å². The van der Waals surface area contributed by atoms with Gasteiger partial charge in [0.1, 0.15) is 6.34 Å². The molecule has 0 aromatic rings. The molecule has 0 amide bonds. The Kier molecular flexibility index (Phi) is 3.23. The van der Waals surface area contributed by atoms with Crippen molar-refractivity contribution >= 4 is 42.9 Å². The van der Waals surface area contributed by atoms with Crippen LogP contribution in [0.1, 0.15) is 19.3 Å². The minimum absolute atomic E-state index is 0.492. The van der Waals surface area contributed by atoms with Gasteiger partial charge in [-0.05, 0) is 44.7 Å². The van der Waals surface area contributed by atoms with E-state index in [1.54, 1.807) is 6.34 Å². The summed E-state index contributed by atoms with van der Waals surface area (Å²) in [5.74, 6) is 0. The van der Waals surface area contributed by atoms with E-state index >= 15 is 0 Å². The summed E-state index contributed by atoms with van der Waals surface area (Å²) in [6.45, 7) is 2.13. The fourth-order valence-electron chi connectivity index (χ4n) is 1.70. The fraction of sp³-hybridized carbons (Fsp3) is 0.750. The second-order valence-electron chi connectivity index (χ2n) is 3.42. The van der Waals surface area contributed by atoms with Crippen LogP contribution in [-0.2, 0) is 0 Å². The highest BCUT2D eigenvalue weighted by Gasteiger charge is 2.35. The van der Waals surface area contributed by atoms with Crippen LogP contribution in [0, 0.1) is 0 Å². The summed E-state index contributed by atoms with van der Waals surface area (Å²) in [4.78, 5) is 10.6. The zero-order valence-electron chi connectivity index (χ0n) is 7.71. The first-order valence-corrected chi connectivity index (χ1v) is 6.28. The maximum atomic E-state index is 4.32. The predicted octanol–water partition coefficient (Wildman–Crippen LogP) is 1.86. The van der Waals surface area contributed by atoms with Crippen LogP contribution in [0.4, 0.5) is 0 Å². The monoisotopic (exact) mass is 322 g/mol. The Labute approximate surface area is 100 Å². The van der Waals surface area contributed by atoms with Crippen molar-refractivity contribution in [3.8, 4) is 0 Å². The Hall–Kier alpha value is 0.0600.